The fourth-order valence-electron chi connectivity index (χ4n) is 2.75. The van der Waals surface area contributed by atoms with Crippen LogP contribution in [0, 0.1) is 0 Å². The Morgan fingerprint density at radius 2 is 1.15 bits per heavy atom. The van der Waals surface area contributed by atoms with Crippen molar-refractivity contribution in [2.24, 2.45) is 0 Å². The molecule has 0 bridgehead atoms. The molecule has 80 valence electrons. The van der Waals surface area contributed by atoms with Crippen molar-refractivity contribution in [3.8, 4) is 0 Å². The molecule has 2 heteroatoms. The summed E-state index contributed by atoms with van der Waals surface area (Å²) in [6.07, 6.45) is 1.01. The Balaban J connectivity index is 4.82. The summed E-state index contributed by atoms with van der Waals surface area (Å²) < 4.78 is 5.45. The topological polar surface area (TPSA) is 9.23 Å². The normalized spacial score (nSPS) is 13.4. The van der Waals surface area contributed by atoms with E-state index in [4.69, 9.17) is 4.74 Å². The van der Waals surface area contributed by atoms with E-state index in [0.717, 1.165) is 22.9 Å². The number of hydrogen-bond acceptors (Lipinski definition) is 1. The molecule has 0 aliphatic heterocycles. The zero-order valence-electron chi connectivity index (χ0n) is 10.3. The molecule has 0 heterocycles. The maximum absolute atomic E-state index is 5.45. The van der Waals surface area contributed by atoms with Gasteiger partial charge in [0.2, 0.25) is 0 Å². The first-order valence-electron chi connectivity index (χ1n) is 5.38. The predicted octanol–water partition coefficient (Wildman–Crippen LogP) is 3.85. The molecule has 0 saturated carbocycles. The van der Waals surface area contributed by atoms with E-state index < -0.39 is 8.07 Å². The van der Waals surface area contributed by atoms with Crippen molar-refractivity contribution in [3.63, 3.8) is 0 Å². The second kappa shape index (κ2) is 5.16. The molecule has 0 radical (unpaired) electrons. The maximum Gasteiger partial charge on any atom is 0.0912 e. The van der Waals surface area contributed by atoms with Gasteiger partial charge < -0.3 is 4.74 Å². The minimum absolute atomic E-state index is 0.812. The first kappa shape index (κ1) is 13.2. The second-order valence-electron chi connectivity index (χ2n) is 5.01. The zero-order chi connectivity index (χ0) is 10.6. The van der Waals surface area contributed by atoms with Crippen LogP contribution in [0.3, 0.4) is 0 Å². The fourth-order valence-corrected chi connectivity index (χ4v) is 8.25. The van der Waals surface area contributed by atoms with Gasteiger partial charge in [-0.15, -0.1) is 0 Å². The van der Waals surface area contributed by atoms with Crippen LogP contribution < -0.4 is 0 Å². The van der Waals surface area contributed by atoms with Gasteiger partial charge in [-0.05, 0) is 16.6 Å². The Labute approximate surface area is 84.9 Å². The lowest BCUT2D eigenvalue weighted by molar-refractivity contribution is 0.240. The molecule has 0 aliphatic carbocycles. The molecule has 0 saturated heterocycles. The molecule has 0 aliphatic rings. The summed E-state index contributed by atoms with van der Waals surface area (Å²) in [4.78, 5) is 0. The summed E-state index contributed by atoms with van der Waals surface area (Å²) in [5, 5.41) is 0. The van der Waals surface area contributed by atoms with E-state index in [1.165, 1.54) is 0 Å². The van der Waals surface area contributed by atoms with E-state index >= 15 is 0 Å². The van der Waals surface area contributed by atoms with Crippen molar-refractivity contribution < 1.29 is 4.74 Å². The van der Waals surface area contributed by atoms with Gasteiger partial charge in [0, 0.05) is 13.3 Å². The van der Waals surface area contributed by atoms with Crippen LogP contribution >= 0.6 is 0 Å². The van der Waals surface area contributed by atoms with E-state index in [0.29, 0.717) is 0 Å². The zero-order valence-corrected chi connectivity index (χ0v) is 11.3. The van der Waals surface area contributed by atoms with E-state index in [2.05, 4.69) is 41.5 Å². The van der Waals surface area contributed by atoms with Crippen LogP contribution in [0.2, 0.25) is 16.6 Å². The van der Waals surface area contributed by atoms with E-state index in [1.807, 2.05) is 7.11 Å². The highest BCUT2D eigenvalue weighted by molar-refractivity contribution is 6.83. The lowest BCUT2D eigenvalue weighted by Crippen LogP contribution is -2.49. The minimum atomic E-state index is -1.25. The molecule has 0 atom stereocenters. The quantitative estimate of drug-likeness (QED) is 0.615. The third-order valence-electron chi connectivity index (χ3n) is 3.62. The average molecular weight is 202 g/mol. The molecular formula is C11H26OSi. The van der Waals surface area contributed by atoms with Gasteiger partial charge in [-0.3, -0.25) is 0 Å². The third kappa shape index (κ3) is 2.56. The molecule has 0 spiro atoms. The van der Waals surface area contributed by atoms with Crippen molar-refractivity contribution in [1.82, 2.24) is 0 Å². The maximum atomic E-state index is 5.45. The SMILES string of the molecule is COC[Si](C(C)C)(C(C)C)C(C)C. The van der Waals surface area contributed by atoms with Crippen molar-refractivity contribution in [3.05, 3.63) is 0 Å². The molecule has 0 unspecified atom stereocenters. The Kier molecular flexibility index (Phi) is 5.23. The van der Waals surface area contributed by atoms with Crippen LogP contribution in [0.4, 0.5) is 0 Å². The predicted molar refractivity (Wildman–Crippen MR) is 62.9 cm³/mol. The van der Waals surface area contributed by atoms with Crippen LogP contribution in [-0.2, 0) is 4.74 Å². The molecule has 0 aromatic carbocycles. The van der Waals surface area contributed by atoms with Gasteiger partial charge >= 0.3 is 0 Å². The van der Waals surface area contributed by atoms with Gasteiger partial charge in [0.25, 0.3) is 0 Å². The third-order valence-corrected chi connectivity index (χ3v) is 10.9. The van der Waals surface area contributed by atoms with Crippen molar-refractivity contribution in [2.45, 2.75) is 58.2 Å². The lowest BCUT2D eigenvalue weighted by Gasteiger charge is -2.42. The summed E-state index contributed by atoms with van der Waals surface area (Å²) >= 11 is 0. The number of rotatable bonds is 5. The highest BCUT2D eigenvalue weighted by atomic mass is 28.3. The van der Waals surface area contributed by atoms with Crippen molar-refractivity contribution in [2.75, 3.05) is 13.3 Å². The number of methoxy groups -OCH3 is 1. The first-order valence-corrected chi connectivity index (χ1v) is 7.82. The molecule has 0 amide bonds. The summed E-state index contributed by atoms with van der Waals surface area (Å²) in [6.45, 7) is 14.2. The van der Waals surface area contributed by atoms with Gasteiger partial charge in [-0.25, -0.2) is 0 Å². The Bertz CT molecular complexity index is 119. The number of hydrogen-bond donors (Lipinski definition) is 0. The van der Waals surface area contributed by atoms with Crippen LogP contribution in [0.1, 0.15) is 41.5 Å². The molecule has 0 fully saturated rings. The smallest absolute Gasteiger partial charge is 0.0912 e. The molecule has 13 heavy (non-hydrogen) atoms. The Morgan fingerprint density at radius 3 is 1.23 bits per heavy atom. The molecule has 0 aromatic heterocycles. The number of ether oxygens (including phenoxy) is 1. The van der Waals surface area contributed by atoms with E-state index in [1.54, 1.807) is 0 Å². The van der Waals surface area contributed by atoms with Gasteiger partial charge in [0.15, 0.2) is 0 Å². The standard InChI is InChI=1S/C11H26OSi/c1-9(2)13(8-12-7,10(3)4)11(5)6/h9-11H,8H2,1-7H3. The molecule has 1 nitrogen and oxygen atoms in total. The Hall–Kier alpha value is 0.177. The average Bonchev–Trinajstić information content (AvgIpc) is 1.97. The van der Waals surface area contributed by atoms with Crippen LogP contribution in [0.15, 0.2) is 0 Å². The van der Waals surface area contributed by atoms with Crippen LogP contribution in [0.5, 0.6) is 0 Å². The van der Waals surface area contributed by atoms with Gasteiger partial charge in [-0.1, -0.05) is 41.5 Å². The summed E-state index contributed by atoms with van der Waals surface area (Å²) in [5.41, 5.74) is 2.44. The van der Waals surface area contributed by atoms with Gasteiger partial charge in [0.05, 0.1) is 8.07 Å². The summed E-state index contributed by atoms with van der Waals surface area (Å²) in [5.74, 6) is 0. The van der Waals surface area contributed by atoms with Crippen LogP contribution in [0.25, 0.3) is 0 Å². The first-order chi connectivity index (χ1) is 5.89. The highest BCUT2D eigenvalue weighted by Gasteiger charge is 2.42. The molecule has 0 N–H and O–H groups in total. The molecule has 0 aromatic rings. The highest BCUT2D eigenvalue weighted by Crippen LogP contribution is 2.41. The fraction of sp³-hybridized carbons (Fsp3) is 1.00. The van der Waals surface area contributed by atoms with Gasteiger partial charge in [-0.2, -0.15) is 0 Å². The second-order valence-corrected chi connectivity index (χ2v) is 11.0. The largest absolute Gasteiger partial charge is 0.388 e. The summed E-state index contributed by atoms with van der Waals surface area (Å²) in [6, 6.07) is 0. The molecule has 0 rings (SSSR count). The van der Waals surface area contributed by atoms with E-state index in [-0.39, 0.29) is 0 Å². The van der Waals surface area contributed by atoms with Crippen molar-refractivity contribution >= 4 is 8.07 Å². The minimum Gasteiger partial charge on any atom is -0.388 e. The van der Waals surface area contributed by atoms with Gasteiger partial charge in [0.1, 0.15) is 0 Å². The summed E-state index contributed by atoms with van der Waals surface area (Å²) in [7, 11) is 0.592. The Morgan fingerprint density at radius 1 is 0.846 bits per heavy atom. The molecular weight excluding hydrogens is 176 g/mol. The lowest BCUT2D eigenvalue weighted by atomic mass is 10.5. The van der Waals surface area contributed by atoms with Crippen molar-refractivity contribution in [1.29, 1.82) is 0 Å². The van der Waals surface area contributed by atoms with Crippen LogP contribution in [-0.4, -0.2) is 21.4 Å². The monoisotopic (exact) mass is 202 g/mol. The van der Waals surface area contributed by atoms with E-state index in [9.17, 15) is 0 Å².